The second-order valence-corrected chi connectivity index (χ2v) is 7.43. The molecule has 29 heavy (non-hydrogen) atoms. The lowest BCUT2D eigenvalue weighted by atomic mass is 10.2. The Balaban J connectivity index is 1.31. The molecule has 0 unspecified atom stereocenters. The van der Waals surface area contributed by atoms with Crippen LogP contribution in [0.15, 0.2) is 65.9 Å². The fraction of sp³-hybridized carbons (Fsp3) is 0.391. The lowest BCUT2D eigenvalue weighted by Gasteiger charge is -2.36. The molecule has 1 fully saturated rings. The Bertz CT molecular complexity index is 892. The summed E-state index contributed by atoms with van der Waals surface area (Å²) in [5, 5.41) is 3.46. The minimum Gasteiger partial charge on any atom is -0.357 e. The molecule has 2 aromatic heterocycles. The van der Waals surface area contributed by atoms with Gasteiger partial charge in [0.2, 0.25) is 0 Å². The van der Waals surface area contributed by atoms with E-state index in [-0.39, 0.29) is 0 Å². The van der Waals surface area contributed by atoms with Crippen molar-refractivity contribution in [2.24, 2.45) is 4.99 Å². The maximum atomic E-state index is 4.88. The Morgan fingerprint density at radius 3 is 2.59 bits per heavy atom. The van der Waals surface area contributed by atoms with Gasteiger partial charge in [-0.05, 0) is 24.6 Å². The van der Waals surface area contributed by atoms with E-state index in [1.54, 1.807) is 0 Å². The van der Waals surface area contributed by atoms with Crippen LogP contribution in [0.4, 0.5) is 0 Å². The van der Waals surface area contributed by atoms with Crippen molar-refractivity contribution in [3.05, 3.63) is 72.2 Å². The van der Waals surface area contributed by atoms with E-state index in [2.05, 4.69) is 68.0 Å². The minimum absolute atomic E-state index is 0.746. The van der Waals surface area contributed by atoms with Crippen molar-refractivity contribution in [3.63, 3.8) is 0 Å². The van der Waals surface area contributed by atoms with Gasteiger partial charge >= 0.3 is 0 Å². The molecule has 0 saturated carbocycles. The highest BCUT2D eigenvalue weighted by molar-refractivity contribution is 5.80. The van der Waals surface area contributed by atoms with E-state index in [0.29, 0.717) is 0 Å². The first-order chi connectivity index (χ1) is 14.3. The largest absolute Gasteiger partial charge is 0.357 e. The Labute approximate surface area is 172 Å². The van der Waals surface area contributed by atoms with Gasteiger partial charge in [-0.2, -0.15) is 0 Å². The summed E-state index contributed by atoms with van der Waals surface area (Å²) in [6.07, 6.45) is 4.98. The number of imidazole rings is 1. The fourth-order valence-corrected chi connectivity index (χ4v) is 3.77. The molecule has 0 bridgehead atoms. The van der Waals surface area contributed by atoms with Crippen LogP contribution in [0.2, 0.25) is 0 Å². The molecule has 0 radical (unpaired) electrons. The number of piperazine rings is 1. The van der Waals surface area contributed by atoms with Crippen molar-refractivity contribution < 1.29 is 0 Å². The molecule has 3 heterocycles. The summed E-state index contributed by atoms with van der Waals surface area (Å²) >= 11 is 0. The van der Waals surface area contributed by atoms with Gasteiger partial charge in [0.25, 0.3) is 0 Å². The highest BCUT2D eigenvalue weighted by Gasteiger charge is 2.19. The molecule has 1 aliphatic heterocycles. The first-order valence-corrected chi connectivity index (χ1v) is 10.5. The van der Waals surface area contributed by atoms with Crippen LogP contribution in [0.1, 0.15) is 18.2 Å². The van der Waals surface area contributed by atoms with Crippen molar-refractivity contribution in [3.8, 4) is 0 Å². The average molecular weight is 391 g/mol. The van der Waals surface area contributed by atoms with Crippen molar-refractivity contribution in [2.45, 2.75) is 19.9 Å². The summed E-state index contributed by atoms with van der Waals surface area (Å²) in [5.41, 5.74) is 3.46. The summed E-state index contributed by atoms with van der Waals surface area (Å²) in [4.78, 5) is 14.4. The summed E-state index contributed by atoms with van der Waals surface area (Å²) < 4.78 is 2.07. The van der Waals surface area contributed by atoms with Crippen LogP contribution in [-0.2, 0) is 13.0 Å². The number of benzene rings is 1. The molecule has 152 valence electrons. The van der Waals surface area contributed by atoms with Gasteiger partial charge in [-0.15, -0.1) is 0 Å². The van der Waals surface area contributed by atoms with E-state index >= 15 is 0 Å². The monoisotopic (exact) mass is 390 g/mol. The molecule has 0 amide bonds. The molecule has 6 heteroatoms. The predicted octanol–water partition coefficient (Wildman–Crippen LogP) is 2.66. The van der Waals surface area contributed by atoms with E-state index in [4.69, 9.17) is 4.99 Å². The number of hydrogen-bond acceptors (Lipinski definition) is 3. The number of hydrogen-bond donors (Lipinski definition) is 1. The van der Waals surface area contributed by atoms with Crippen LogP contribution in [0.3, 0.4) is 0 Å². The fourth-order valence-electron chi connectivity index (χ4n) is 3.77. The third-order valence-corrected chi connectivity index (χ3v) is 5.30. The summed E-state index contributed by atoms with van der Waals surface area (Å²) in [7, 11) is 0. The normalized spacial score (nSPS) is 15.8. The van der Waals surface area contributed by atoms with Crippen molar-refractivity contribution in [2.75, 3.05) is 39.3 Å². The van der Waals surface area contributed by atoms with Crippen LogP contribution < -0.4 is 5.32 Å². The van der Waals surface area contributed by atoms with Crippen LogP contribution in [-0.4, -0.2) is 64.4 Å². The zero-order valence-electron chi connectivity index (χ0n) is 17.2. The molecule has 0 aliphatic carbocycles. The number of aromatic nitrogens is 2. The molecular formula is C23H30N6. The quantitative estimate of drug-likeness (QED) is 0.519. The number of pyridine rings is 1. The first kappa shape index (κ1) is 19.5. The molecular weight excluding hydrogens is 360 g/mol. The number of fused-ring (bicyclic) bond motifs is 1. The number of guanidine groups is 1. The molecule has 1 aromatic carbocycles. The Kier molecular flexibility index (Phi) is 6.42. The van der Waals surface area contributed by atoms with Crippen LogP contribution in [0, 0.1) is 0 Å². The van der Waals surface area contributed by atoms with Crippen molar-refractivity contribution >= 4 is 11.6 Å². The number of rotatable bonds is 6. The zero-order chi connectivity index (χ0) is 19.9. The molecule has 1 aliphatic rings. The molecule has 6 nitrogen and oxygen atoms in total. The molecule has 0 spiro atoms. The second kappa shape index (κ2) is 9.56. The van der Waals surface area contributed by atoms with Gasteiger partial charge in [-0.25, -0.2) is 4.98 Å². The lowest BCUT2D eigenvalue weighted by Crippen LogP contribution is -2.52. The van der Waals surface area contributed by atoms with Gasteiger partial charge in [-0.1, -0.05) is 36.4 Å². The number of nitrogens with one attached hydrogen (secondary N) is 1. The van der Waals surface area contributed by atoms with E-state index in [9.17, 15) is 0 Å². The van der Waals surface area contributed by atoms with Gasteiger partial charge in [0.15, 0.2) is 5.96 Å². The topological polar surface area (TPSA) is 48.2 Å². The van der Waals surface area contributed by atoms with Gasteiger partial charge in [0.05, 0.1) is 5.69 Å². The maximum Gasteiger partial charge on any atom is 0.194 e. The molecule has 3 aromatic rings. The third-order valence-electron chi connectivity index (χ3n) is 5.30. The van der Waals surface area contributed by atoms with Crippen molar-refractivity contribution in [1.82, 2.24) is 24.5 Å². The van der Waals surface area contributed by atoms with Gasteiger partial charge in [-0.3, -0.25) is 9.89 Å². The molecule has 0 atom stereocenters. The van der Waals surface area contributed by atoms with Crippen LogP contribution in [0.25, 0.3) is 5.65 Å². The van der Waals surface area contributed by atoms with Crippen LogP contribution >= 0.6 is 0 Å². The SMILES string of the molecule is CCNC(=NCCc1cn2ccccc2n1)N1CCN(Cc2ccccc2)CC1. The van der Waals surface area contributed by atoms with Gasteiger partial charge in [0.1, 0.15) is 5.65 Å². The summed E-state index contributed by atoms with van der Waals surface area (Å²) in [5.74, 6) is 1.02. The second-order valence-electron chi connectivity index (χ2n) is 7.43. The predicted molar refractivity (Wildman–Crippen MR) is 118 cm³/mol. The average Bonchev–Trinajstić information content (AvgIpc) is 3.17. The lowest BCUT2D eigenvalue weighted by molar-refractivity contribution is 0.172. The minimum atomic E-state index is 0.746. The van der Waals surface area contributed by atoms with E-state index in [1.807, 2.05) is 24.4 Å². The standard InChI is InChI=1S/C23H30N6/c1-2-24-23(25-12-11-21-19-29-13-7-6-10-22(29)26-21)28-16-14-27(15-17-28)18-20-8-4-3-5-9-20/h3-10,13,19H,2,11-12,14-18H2,1H3,(H,24,25). The summed E-state index contributed by atoms with van der Waals surface area (Å²) in [6.45, 7) is 8.92. The highest BCUT2D eigenvalue weighted by atomic mass is 15.3. The molecule has 1 N–H and O–H groups in total. The highest BCUT2D eigenvalue weighted by Crippen LogP contribution is 2.09. The number of aliphatic imine (C=N–C) groups is 1. The van der Waals surface area contributed by atoms with E-state index in [1.165, 1.54) is 5.56 Å². The molecule has 1 saturated heterocycles. The Morgan fingerprint density at radius 2 is 1.83 bits per heavy atom. The van der Waals surface area contributed by atoms with E-state index < -0.39 is 0 Å². The van der Waals surface area contributed by atoms with Gasteiger partial charge in [0, 0.05) is 64.6 Å². The number of nitrogens with zero attached hydrogens (tertiary/aromatic N) is 5. The zero-order valence-corrected chi connectivity index (χ0v) is 17.2. The van der Waals surface area contributed by atoms with Gasteiger partial charge < -0.3 is 14.6 Å². The third kappa shape index (κ3) is 5.15. The Hall–Kier alpha value is -2.86. The Morgan fingerprint density at radius 1 is 1.03 bits per heavy atom. The summed E-state index contributed by atoms with van der Waals surface area (Å²) in [6, 6.07) is 16.8. The van der Waals surface area contributed by atoms with Crippen molar-refractivity contribution in [1.29, 1.82) is 0 Å². The van der Waals surface area contributed by atoms with Crippen LogP contribution in [0.5, 0.6) is 0 Å². The maximum absolute atomic E-state index is 4.88. The first-order valence-electron chi connectivity index (χ1n) is 10.5. The molecule has 4 rings (SSSR count). The van der Waals surface area contributed by atoms with E-state index in [0.717, 1.165) is 69.5 Å². The smallest absolute Gasteiger partial charge is 0.194 e.